The van der Waals surface area contributed by atoms with Crippen molar-refractivity contribution in [3.63, 3.8) is 0 Å². The molecule has 21 nitrogen and oxygen atoms in total. The van der Waals surface area contributed by atoms with Crippen LogP contribution in [0.15, 0.2) is 90.0 Å². The summed E-state index contributed by atoms with van der Waals surface area (Å²) in [6.45, 7) is 12.9. The molecule has 23 heteroatoms. The van der Waals surface area contributed by atoms with Crippen molar-refractivity contribution in [2.45, 2.75) is 106 Å². The second kappa shape index (κ2) is 23.2. The summed E-state index contributed by atoms with van der Waals surface area (Å²) in [4.78, 5) is 50.8. The first-order valence-electron chi connectivity index (χ1n) is 30.6. The van der Waals surface area contributed by atoms with Crippen LogP contribution >= 0.6 is 0 Å². The number of halogens is 1. The number of H-pyrrole nitrogens is 1. The molecule has 3 N–H and O–H groups in total. The van der Waals surface area contributed by atoms with Crippen molar-refractivity contribution < 1.29 is 46.2 Å². The molecule has 7 aliphatic heterocycles. The number of nitrogens with one attached hydrogen (secondary N) is 3. The molecule has 0 unspecified atom stereocenters. The van der Waals surface area contributed by atoms with Gasteiger partial charge >= 0.3 is 0 Å². The lowest BCUT2D eigenvalue weighted by atomic mass is 9.59. The molecule has 1 spiro atoms. The predicted octanol–water partition coefficient (Wildman–Crippen LogP) is 8.82. The van der Waals surface area contributed by atoms with Crippen molar-refractivity contribution in [3.05, 3.63) is 123 Å². The fraction of sp³-hybridized carbons (Fsp3) is 0.508. The van der Waals surface area contributed by atoms with Crippen molar-refractivity contribution in [1.82, 2.24) is 29.5 Å². The minimum atomic E-state index is -4.64. The predicted molar refractivity (Wildman–Crippen MR) is 322 cm³/mol. The van der Waals surface area contributed by atoms with Gasteiger partial charge in [-0.3, -0.25) is 24.7 Å². The zero-order valence-corrected chi connectivity index (χ0v) is 49.4. The number of anilines is 5. The molecule has 8 aliphatic rings. The van der Waals surface area contributed by atoms with Crippen molar-refractivity contribution >= 4 is 61.2 Å². The number of hydrogen-bond donors (Lipinski definition) is 3. The summed E-state index contributed by atoms with van der Waals surface area (Å²) < 4.78 is 76.8. The number of piperazine rings is 1. The van der Waals surface area contributed by atoms with Crippen molar-refractivity contribution in [1.29, 1.82) is 0 Å². The van der Waals surface area contributed by atoms with E-state index in [0.29, 0.717) is 99.8 Å². The minimum absolute atomic E-state index is 0.00952. The maximum Gasteiger partial charge on any atom is 0.293 e. The van der Waals surface area contributed by atoms with E-state index in [1.54, 1.807) is 18.3 Å². The number of hydrogen-bond acceptors (Lipinski definition) is 18. The van der Waals surface area contributed by atoms with Gasteiger partial charge < -0.3 is 48.7 Å². The van der Waals surface area contributed by atoms with Crippen molar-refractivity contribution in [2.24, 2.45) is 11.3 Å². The average Bonchev–Trinajstić information content (AvgIpc) is 2.38. The van der Waals surface area contributed by atoms with Gasteiger partial charge in [-0.05, 0) is 130 Å². The molecule has 6 fully saturated rings. The molecule has 5 saturated heterocycles. The quantitative estimate of drug-likeness (QED) is 0.0726. The monoisotopic (exact) mass is 1200 g/mol. The van der Waals surface area contributed by atoms with Gasteiger partial charge in [0.2, 0.25) is 11.8 Å². The molecular formula is C63H74FN11O10S. The molecule has 14 rings (SSSR count). The highest BCUT2D eigenvalue weighted by molar-refractivity contribution is 7.90. The molecule has 0 radical (unpaired) electrons. The number of pyridine rings is 2. The maximum atomic E-state index is 16.2. The number of carbonyl (C=O) groups is 1. The normalized spacial score (nSPS) is 24.7. The molecule has 1 saturated carbocycles. The Kier molecular flexibility index (Phi) is 15.3. The largest absolute Gasteiger partial charge is 0.477 e. The van der Waals surface area contributed by atoms with Crippen molar-refractivity contribution in [3.8, 4) is 11.8 Å². The van der Waals surface area contributed by atoms with E-state index in [-0.39, 0.29) is 59.2 Å². The van der Waals surface area contributed by atoms with Crippen LogP contribution in [0.5, 0.6) is 11.8 Å². The number of nitrogens with zero attached hydrogens (tertiary/aromatic N) is 8. The fourth-order valence-corrected chi connectivity index (χ4v) is 15.9. The summed E-state index contributed by atoms with van der Waals surface area (Å²) in [5.41, 5.74) is 6.08. The first-order chi connectivity index (χ1) is 41.8. The first-order valence-corrected chi connectivity index (χ1v) is 32.1. The third-order valence-electron chi connectivity index (χ3n) is 19.7. The Morgan fingerprint density at radius 2 is 1.65 bits per heavy atom. The number of ether oxygens (including phenoxy) is 5. The molecule has 3 aromatic heterocycles. The van der Waals surface area contributed by atoms with E-state index in [0.717, 1.165) is 100 Å². The van der Waals surface area contributed by atoms with E-state index < -0.39 is 37.5 Å². The molecule has 1 amide bonds. The molecule has 454 valence electrons. The van der Waals surface area contributed by atoms with Crippen LogP contribution in [-0.4, -0.2) is 160 Å². The third kappa shape index (κ3) is 10.7. The van der Waals surface area contributed by atoms with Gasteiger partial charge in [-0.25, -0.2) is 17.5 Å². The van der Waals surface area contributed by atoms with E-state index >= 15 is 4.39 Å². The van der Waals surface area contributed by atoms with Crippen LogP contribution in [0.4, 0.5) is 38.6 Å². The van der Waals surface area contributed by atoms with Gasteiger partial charge in [-0.2, -0.15) is 9.97 Å². The van der Waals surface area contributed by atoms with Gasteiger partial charge in [0.1, 0.15) is 23.1 Å². The molecule has 10 heterocycles. The standard InChI is InChI=1S/C63H74FN11O10S/c1-39-5-3-4-6-46(39)56-36-71(51-15-27-84-61-48(51)32-49(64)59(68-61)72-23-28-83-37-40(72)2)21-22-73(56)44-33-63(34-44)16-19-70(20-17-63)43-7-9-47(53(30-43)74-52-14-26-82-38-57(52)85-62-55(74)29-42-11-18-65-58(42)67-62)60(76)69-86(79,80)45-8-10-50(54(31-45)75(77)78)66-35-41-12-24-81-25-13-41/h3-11,18,29-32,40-41,44,51-52,56-57,66H,12-17,19-28,33-38H2,1-2H3,(H,65,67)(H,69,76)/t40-,51-,52-,56-,57-/m0/s1. The van der Waals surface area contributed by atoms with E-state index in [2.05, 4.69) is 65.8 Å². The summed E-state index contributed by atoms with van der Waals surface area (Å²) in [7, 11) is -4.64. The highest BCUT2D eigenvalue weighted by Gasteiger charge is 2.51. The topological polar surface area (TPSA) is 222 Å². The second-order valence-corrected chi connectivity index (χ2v) is 26.5. The van der Waals surface area contributed by atoms with Gasteiger partial charge in [0.25, 0.3) is 21.6 Å². The highest BCUT2D eigenvalue weighted by atomic mass is 32.2. The SMILES string of the molecule is Cc1ccccc1[C@@H]1CN([C@H]2CCOc3nc(N4CCOC[C@@H]4C)c(F)cc32)CCN1C1CC2(CCN(c3ccc(C(=O)NS(=O)(=O)c4ccc(NCC5CCOCC5)c([N+](=O)[O-])c4)c(N4c5cc6cc[nH]c6nc5O[C@H]5COCC[C@@H]54)c3)CC2)C1. The Hall–Kier alpha value is -7.15. The van der Waals surface area contributed by atoms with Crippen LogP contribution < -0.4 is 34.2 Å². The summed E-state index contributed by atoms with van der Waals surface area (Å²) in [6, 6.07) is 23.8. The van der Waals surface area contributed by atoms with E-state index in [4.69, 9.17) is 33.7 Å². The minimum Gasteiger partial charge on any atom is -0.477 e. The van der Waals surface area contributed by atoms with E-state index in [9.17, 15) is 23.3 Å². The van der Waals surface area contributed by atoms with Crippen LogP contribution in [0, 0.1) is 34.2 Å². The molecule has 0 bridgehead atoms. The van der Waals surface area contributed by atoms with E-state index in [1.807, 2.05) is 36.1 Å². The number of aromatic amines is 1. The number of aromatic nitrogens is 3. The van der Waals surface area contributed by atoms with Crippen molar-refractivity contribution in [2.75, 3.05) is 112 Å². The number of benzene rings is 3. The summed E-state index contributed by atoms with van der Waals surface area (Å²) in [5.74, 6) is 0.264. The van der Waals surface area contributed by atoms with Crippen LogP contribution in [0.1, 0.15) is 97.4 Å². The average molecular weight is 1200 g/mol. The lowest BCUT2D eigenvalue weighted by molar-refractivity contribution is -0.384. The molecule has 6 aromatic rings. The van der Waals surface area contributed by atoms with Gasteiger partial charge in [-0.1, -0.05) is 24.3 Å². The molecule has 1 aliphatic carbocycles. The fourth-order valence-electron chi connectivity index (χ4n) is 15.0. The molecule has 5 atom stereocenters. The number of amides is 1. The molecule has 86 heavy (non-hydrogen) atoms. The number of sulfonamides is 1. The lowest BCUT2D eigenvalue weighted by Gasteiger charge is -2.59. The van der Waals surface area contributed by atoms with Crippen LogP contribution in [-0.2, 0) is 24.2 Å². The second-order valence-electron chi connectivity index (χ2n) is 24.8. The summed E-state index contributed by atoms with van der Waals surface area (Å²) in [6.07, 6.45) is 8.40. The van der Waals surface area contributed by atoms with Gasteiger partial charge in [0, 0.05) is 119 Å². The number of rotatable bonds is 13. The van der Waals surface area contributed by atoms with Crippen LogP contribution in [0.3, 0.4) is 0 Å². The number of fused-ring (bicyclic) bond motifs is 4. The number of morpholine rings is 1. The Balaban J connectivity index is 0.711. The Morgan fingerprint density at radius 3 is 2.47 bits per heavy atom. The van der Waals surface area contributed by atoms with E-state index in [1.165, 1.54) is 23.3 Å². The number of piperidine rings is 1. The van der Waals surface area contributed by atoms with Gasteiger partial charge in [0.15, 0.2) is 11.6 Å². The zero-order valence-electron chi connectivity index (χ0n) is 48.6. The number of nitro benzene ring substituents is 1. The molecular weight excluding hydrogens is 1120 g/mol. The smallest absolute Gasteiger partial charge is 0.293 e. The third-order valence-corrected chi connectivity index (χ3v) is 21.1. The number of nitro groups is 1. The summed E-state index contributed by atoms with van der Waals surface area (Å²) >= 11 is 0. The Labute approximate surface area is 499 Å². The van der Waals surface area contributed by atoms with Gasteiger partial charge in [0.05, 0.1) is 59.6 Å². The van der Waals surface area contributed by atoms with Crippen LogP contribution in [0.25, 0.3) is 11.0 Å². The Bertz CT molecular complexity index is 3660. The lowest BCUT2D eigenvalue weighted by Crippen LogP contribution is -2.60. The highest BCUT2D eigenvalue weighted by Crippen LogP contribution is 2.54. The number of carbonyl (C=O) groups excluding carboxylic acids is 1. The maximum absolute atomic E-state index is 16.2. The summed E-state index contributed by atoms with van der Waals surface area (Å²) in [5, 5.41) is 16.4. The zero-order chi connectivity index (χ0) is 58.8. The number of aryl methyl sites for hydroxylation is 1. The first kappa shape index (κ1) is 56.6. The van der Waals surface area contributed by atoms with Gasteiger partial charge in [-0.15, -0.1) is 0 Å². The Morgan fingerprint density at radius 1 is 0.837 bits per heavy atom. The van der Waals surface area contributed by atoms with Crippen LogP contribution in [0.2, 0.25) is 0 Å². The molecule has 3 aromatic carbocycles.